The van der Waals surface area contributed by atoms with Gasteiger partial charge in [-0.2, -0.15) is 4.98 Å². The SMILES string of the molecule is CC(C)(C)c1noc(CCCC(=O)NCCCCN)n1. The predicted molar refractivity (Wildman–Crippen MR) is 77.2 cm³/mol. The third-order valence-corrected chi connectivity index (χ3v) is 2.89. The summed E-state index contributed by atoms with van der Waals surface area (Å²) in [5.41, 5.74) is 5.28. The second kappa shape index (κ2) is 7.99. The van der Waals surface area contributed by atoms with Crippen LogP contribution in [0.25, 0.3) is 0 Å². The van der Waals surface area contributed by atoms with Crippen LogP contribution in [0.3, 0.4) is 0 Å². The van der Waals surface area contributed by atoms with Crippen molar-refractivity contribution in [2.75, 3.05) is 13.1 Å². The molecule has 0 fully saturated rings. The van der Waals surface area contributed by atoms with Crippen molar-refractivity contribution >= 4 is 5.91 Å². The second-order valence-corrected chi connectivity index (χ2v) is 5.96. The lowest BCUT2D eigenvalue weighted by atomic mass is 9.96. The molecule has 0 saturated heterocycles. The minimum atomic E-state index is -0.109. The van der Waals surface area contributed by atoms with Gasteiger partial charge in [-0.05, 0) is 25.8 Å². The summed E-state index contributed by atoms with van der Waals surface area (Å²) in [5.74, 6) is 1.38. The number of hydrogen-bond donors (Lipinski definition) is 2. The minimum Gasteiger partial charge on any atom is -0.356 e. The molecule has 0 aliphatic rings. The molecule has 6 nitrogen and oxygen atoms in total. The van der Waals surface area contributed by atoms with E-state index in [4.69, 9.17) is 10.3 Å². The first kappa shape index (κ1) is 16.6. The van der Waals surface area contributed by atoms with Crippen molar-refractivity contribution in [3.63, 3.8) is 0 Å². The zero-order valence-electron chi connectivity index (χ0n) is 12.7. The number of rotatable bonds is 8. The Labute approximate surface area is 120 Å². The smallest absolute Gasteiger partial charge is 0.226 e. The maximum atomic E-state index is 11.6. The molecule has 0 unspecified atom stereocenters. The first-order chi connectivity index (χ1) is 9.43. The molecule has 1 heterocycles. The molecule has 0 bridgehead atoms. The van der Waals surface area contributed by atoms with E-state index in [0.717, 1.165) is 12.8 Å². The molecule has 0 spiro atoms. The zero-order chi connectivity index (χ0) is 15.0. The lowest BCUT2D eigenvalue weighted by Crippen LogP contribution is -2.24. The van der Waals surface area contributed by atoms with Gasteiger partial charge in [0.15, 0.2) is 5.82 Å². The number of aryl methyl sites for hydroxylation is 1. The standard InChI is InChI=1S/C14H26N4O2/c1-14(2,3)13-17-12(20-18-13)8-6-7-11(19)16-10-5-4-9-15/h4-10,15H2,1-3H3,(H,16,19). The Morgan fingerprint density at radius 3 is 2.65 bits per heavy atom. The fourth-order valence-electron chi connectivity index (χ4n) is 1.65. The van der Waals surface area contributed by atoms with Crippen LogP contribution >= 0.6 is 0 Å². The van der Waals surface area contributed by atoms with Gasteiger partial charge in [0.2, 0.25) is 11.8 Å². The van der Waals surface area contributed by atoms with Crippen molar-refractivity contribution in [2.24, 2.45) is 5.73 Å². The van der Waals surface area contributed by atoms with Gasteiger partial charge in [0.25, 0.3) is 0 Å². The highest BCUT2D eigenvalue weighted by Gasteiger charge is 2.20. The third kappa shape index (κ3) is 6.14. The van der Waals surface area contributed by atoms with E-state index in [9.17, 15) is 4.79 Å². The van der Waals surface area contributed by atoms with Crippen LogP contribution in [0, 0.1) is 0 Å². The molecule has 1 aromatic heterocycles. The highest BCUT2D eigenvalue weighted by Crippen LogP contribution is 2.18. The number of nitrogens with zero attached hydrogens (tertiary/aromatic N) is 2. The largest absolute Gasteiger partial charge is 0.356 e. The molecule has 0 saturated carbocycles. The van der Waals surface area contributed by atoms with Gasteiger partial charge in [-0.25, -0.2) is 0 Å². The molecule has 3 N–H and O–H groups in total. The second-order valence-electron chi connectivity index (χ2n) is 5.96. The summed E-state index contributed by atoms with van der Waals surface area (Å²) < 4.78 is 5.18. The average molecular weight is 282 g/mol. The summed E-state index contributed by atoms with van der Waals surface area (Å²) >= 11 is 0. The fourth-order valence-corrected chi connectivity index (χ4v) is 1.65. The van der Waals surface area contributed by atoms with Crippen LogP contribution in [-0.2, 0) is 16.6 Å². The van der Waals surface area contributed by atoms with Gasteiger partial charge in [-0.3, -0.25) is 4.79 Å². The molecule has 0 radical (unpaired) electrons. The average Bonchev–Trinajstić information content (AvgIpc) is 2.83. The van der Waals surface area contributed by atoms with Crippen molar-refractivity contribution in [3.8, 4) is 0 Å². The molecule has 1 amide bonds. The van der Waals surface area contributed by atoms with Crippen molar-refractivity contribution < 1.29 is 9.32 Å². The Morgan fingerprint density at radius 1 is 1.30 bits per heavy atom. The lowest BCUT2D eigenvalue weighted by Gasteiger charge is -2.10. The Morgan fingerprint density at radius 2 is 2.05 bits per heavy atom. The molecular weight excluding hydrogens is 256 g/mol. The topological polar surface area (TPSA) is 94.0 Å². The monoisotopic (exact) mass is 282 g/mol. The van der Waals surface area contributed by atoms with Crippen LogP contribution in [0.4, 0.5) is 0 Å². The summed E-state index contributed by atoms with van der Waals surface area (Å²) in [6.45, 7) is 7.48. The molecule has 20 heavy (non-hydrogen) atoms. The first-order valence-corrected chi connectivity index (χ1v) is 7.23. The highest BCUT2D eigenvalue weighted by atomic mass is 16.5. The van der Waals surface area contributed by atoms with Crippen LogP contribution in [0.1, 0.15) is 58.2 Å². The van der Waals surface area contributed by atoms with Crippen molar-refractivity contribution in [2.45, 2.75) is 58.3 Å². The van der Waals surface area contributed by atoms with Crippen LogP contribution in [-0.4, -0.2) is 29.1 Å². The molecule has 6 heteroatoms. The maximum absolute atomic E-state index is 11.6. The number of hydrogen-bond acceptors (Lipinski definition) is 5. The molecule has 114 valence electrons. The molecule has 0 atom stereocenters. The number of nitrogens with two attached hydrogens (primary N) is 1. The predicted octanol–water partition coefficient (Wildman–Crippen LogP) is 1.54. The highest BCUT2D eigenvalue weighted by molar-refractivity contribution is 5.75. The van der Waals surface area contributed by atoms with E-state index in [1.165, 1.54) is 0 Å². The van der Waals surface area contributed by atoms with Crippen molar-refractivity contribution in [1.29, 1.82) is 0 Å². The van der Waals surface area contributed by atoms with Crippen LogP contribution in [0.2, 0.25) is 0 Å². The number of carbonyl (C=O) groups excluding carboxylic acids is 1. The normalized spacial score (nSPS) is 11.6. The lowest BCUT2D eigenvalue weighted by molar-refractivity contribution is -0.121. The Kier molecular flexibility index (Phi) is 6.64. The van der Waals surface area contributed by atoms with Crippen molar-refractivity contribution in [3.05, 3.63) is 11.7 Å². The van der Waals surface area contributed by atoms with Crippen LogP contribution < -0.4 is 11.1 Å². The summed E-state index contributed by atoms with van der Waals surface area (Å²) in [6.07, 6.45) is 3.71. The molecular formula is C14H26N4O2. The van der Waals surface area contributed by atoms with Crippen LogP contribution in [0.15, 0.2) is 4.52 Å². The summed E-state index contributed by atoms with van der Waals surface area (Å²) in [5, 5.41) is 6.83. The van der Waals surface area contributed by atoms with Crippen molar-refractivity contribution in [1.82, 2.24) is 15.5 Å². The quantitative estimate of drug-likeness (QED) is 0.705. The molecule has 1 aromatic rings. The fraction of sp³-hybridized carbons (Fsp3) is 0.786. The number of unbranched alkanes of at least 4 members (excludes halogenated alkanes) is 1. The van der Waals surface area contributed by atoms with Gasteiger partial charge >= 0.3 is 0 Å². The van der Waals surface area contributed by atoms with E-state index in [2.05, 4.69) is 15.5 Å². The van der Waals surface area contributed by atoms with E-state index in [-0.39, 0.29) is 11.3 Å². The minimum absolute atomic E-state index is 0.0672. The molecule has 0 aromatic carbocycles. The van der Waals surface area contributed by atoms with E-state index >= 15 is 0 Å². The number of aromatic nitrogens is 2. The maximum Gasteiger partial charge on any atom is 0.226 e. The molecule has 0 aliphatic heterocycles. The zero-order valence-corrected chi connectivity index (χ0v) is 12.7. The Hall–Kier alpha value is -1.43. The van der Waals surface area contributed by atoms with Gasteiger partial charge in [-0.1, -0.05) is 25.9 Å². The van der Waals surface area contributed by atoms with E-state index in [1.54, 1.807) is 0 Å². The van der Waals surface area contributed by atoms with E-state index in [0.29, 0.717) is 44.1 Å². The van der Waals surface area contributed by atoms with E-state index < -0.39 is 0 Å². The third-order valence-electron chi connectivity index (χ3n) is 2.89. The Bertz CT molecular complexity index is 410. The summed E-state index contributed by atoms with van der Waals surface area (Å²) in [7, 11) is 0. The summed E-state index contributed by atoms with van der Waals surface area (Å²) in [4.78, 5) is 15.9. The van der Waals surface area contributed by atoms with E-state index in [1.807, 2.05) is 20.8 Å². The van der Waals surface area contributed by atoms with Gasteiger partial charge in [0.05, 0.1) is 0 Å². The molecule has 1 rings (SSSR count). The number of nitrogens with one attached hydrogen (secondary N) is 1. The number of amides is 1. The van der Waals surface area contributed by atoms with Gasteiger partial charge in [0.1, 0.15) is 0 Å². The van der Waals surface area contributed by atoms with Gasteiger partial charge in [-0.15, -0.1) is 0 Å². The first-order valence-electron chi connectivity index (χ1n) is 7.23. The van der Waals surface area contributed by atoms with Gasteiger partial charge in [0, 0.05) is 24.8 Å². The Balaban J connectivity index is 2.20. The number of carbonyl (C=O) groups is 1. The summed E-state index contributed by atoms with van der Waals surface area (Å²) in [6, 6.07) is 0. The van der Waals surface area contributed by atoms with Gasteiger partial charge < -0.3 is 15.6 Å². The van der Waals surface area contributed by atoms with Crippen LogP contribution in [0.5, 0.6) is 0 Å². The molecule has 0 aliphatic carbocycles.